The second kappa shape index (κ2) is 7.46. The van der Waals surface area contributed by atoms with Gasteiger partial charge in [-0.1, -0.05) is 12.1 Å². The van der Waals surface area contributed by atoms with Crippen molar-refractivity contribution in [3.8, 4) is 11.4 Å². The number of piperidine rings is 1. The summed E-state index contributed by atoms with van der Waals surface area (Å²) in [5.41, 5.74) is 3.75. The third-order valence-electron chi connectivity index (χ3n) is 5.41. The number of para-hydroxylation sites is 2. The third kappa shape index (κ3) is 3.38. The maximum absolute atomic E-state index is 12.7. The first-order valence-corrected chi connectivity index (χ1v) is 9.64. The number of hydrogen-bond donors (Lipinski definition) is 1. The number of hydrogen-bond acceptors (Lipinski definition) is 3. The van der Waals surface area contributed by atoms with Crippen LogP contribution in [0.2, 0.25) is 0 Å². The normalized spacial score (nSPS) is 16.9. The van der Waals surface area contributed by atoms with Crippen LogP contribution in [0.5, 0.6) is 0 Å². The lowest BCUT2D eigenvalue weighted by Crippen LogP contribution is -2.49. The number of aryl methyl sites for hydroxylation is 1. The molecule has 2 amide bonds. The van der Waals surface area contributed by atoms with E-state index in [4.69, 9.17) is 4.98 Å². The maximum Gasteiger partial charge on any atom is 0.247 e. The number of imidazole rings is 1. The summed E-state index contributed by atoms with van der Waals surface area (Å²) in [5.74, 6) is 0.719. The van der Waals surface area contributed by atoms with Gasteiger partial charge in [-0.25, -0.2) is 4.98 Å². The summed E-state index contributed by atoms with van der Waals surface area (Å²) in [6, 6.07) is 15.3. The van der Waals surface area contributed by atoms with Crippen LogP contribution in [-0.4, -0.2) is 38.9 Å². The number of likely N-dealkylation sites (tertiary alicyclic amines) is 1. The molecule has 4 rings (SSSR count). The van der Waals surface area contributed by atoms with E-state index in [1.54, 1.807) is 4.90 Å². The van der Waals surface area contributed by atoms with E-state index in [9.17, 15) is 9.59 Å². The van der Waals surface area contributed by atoms with Crippen molar-refractivity contribution in [2.45, 2.75) is 32.2 Å². The summed E-state index contributed by atoms with van der Waals surface area (Å²) in [6.07, 6.45) is 2.63. The highest BCUT2D eigenvalue weighted by Crippen LogP contribution is 2.25. The molecular formula is C22H24N4O2. The molecule has 2 aromatic carbocycles. The number of amides is 2. The maximum atomic E-state index is 12.7. The quantitative estimate of drug-likeness (QED) is 0.760. The highest BCUT2D eigenvalue weighted by Gasteiger charge is 2.30. The first-order chi connectivity index (χ1) is 13.5. The van der Waals surface area contributed by atoms with Crippen LogP contribution in [0, 0.1) is 0 Å². The summed E-state index contributed by atoms with van der Waals surface area (Å²) in [7, 11) is 2.00. The van der Waals surface area contributed by atoms with Crippen molar-refractivity contribution >= 4 is 28.5 Å². The Morgan fingerprint density at radius 2 is 1.82 bits per heavy atom. The number of rotatable bonds is 3. The average molecular weight is 376 g/mol. The Morgan fingerprint density at radius 3 is 2.54 bits per heavy atom. The van der Waals surface area contributed by atoms with Crippen molar-refractivity contribution in [3.05, 3.63) is 48.5 Å². The van der Waals surface area contributed by atoms with Gasteiger partial charge in [-0.2, -0.15) is 0 Å². The minimum Gasteiger partial charge on any atom is -0.331 e. The van der Waals surface area contributed by atoms with Crippen molar-refractivity contribution in [3.63, 3.8) is 0 Å². The lowest BCUT2D eigenvalue weighted by atomic mass is 10.0. The van der Waals surface area contributed by atoms with Gasteiger partial charge in [0.15, 0.2) is 0 Å². The zero-order valence-corrected chi connectivity index (χ0v) is 16.2. The third-order valence-corrected chi connectivity index (χ3v) is 5.41. The number of nitrogens with zero attached hydrogens (tertiary/aromatic N) is 3. The Bertz CT molecular complexity index is 1020. The lowest BCUT2D eigenvalue weighted by Gasteiger charge is -2.33. The number of benzene rings is 2. The Morgan fingerprint density at radius 1 is 1.07 bits per heavy atom. The van der Waals surface area contributed by atoms with Crippen LogP contribution < -0.4 is 5.32 Å². The molecule has 1 saturated heterocycles. The molecule has 1 atom stereocenters. The van der Waals surface area contributed by atoms with E-state index in [2.05, 4.69) is 9.88 Å². The molecule has 28 heavy (non-hydrogen) atoms. The highest BCUT2D eigenvalue weighted by atomic mass is 16.2. The van der Waals surface area contributed by atoms with Gasteiger partial charge in [0, 0.05) is 31.8 Å². The van der Waals surface area contributed by atoms with E-state index in [0.717, 1.165) is 41.0 Å². The van der Waals surface area contributed by atoms with Gasteiger partial charge in [0.05, 0.1) is 11.0 Å². The average Bonchev–Trinajstić information content (AvgIpc) is 3.05. The first kappa shape index (κ1) is 18.2. The SMILES string of the molecule is CC(=O)N1CCCCC1C(=O)Nc1ccc(-c2nc3ccccc3n2C)cc1. The van der Waals surface area contributed by atoms with Crippen molar-refractivity contribution in [1.29, 1.82) is 0 Å². The summed E-state index contributed by atoms with van der Waals surface area (Å²) < 4.78 is 2.07. The fraction of sp³-hybridized carbons (Fsp3) is 0.318. The molecule has 1 aliphatic heterocycles. The van der Waals surface area contributed by atoms with Crippen molar-refractivity contribution in [1.82, 2.24) is 14.5 Å². The Hall–Kier alpha value is -3.15. The predicted octanol–water partition coefficient (Wildman–Crippen LogP) is 3.58. The van der Waals surface area contributed by atoms with E-state index in [0.29, 0.717) is 13.0 Å². The summed E-state index contributed by atoms with van der Waals surface area (Å²) in [5, 5.41) is 2.96. The number of carbonyl (C=O) groups is 2. The Balaban J connectivity index is 1.52. The molecule has 6 nitrogen and oxygen atoms in total. The Kier molecular flexibility index (Phi) is 4.86. The monoisotopic (exact) mass is 376 g/mol. The van der Waals surface area contributed by atoms with Gasteiger partial charge >= 0.3 is 0 Å². The molecule has 1 aliphatic rings. The van der Waals surface area contributed by atoms with Gasteiger partial charge < -0.3 is 14.8 Å². The van der Waals surface area contributed by atoms with E-state index < -0.39 is 0 Å². The zero-order valence-electron chi connectivity index (χ0n) is 16.2. The topological polar surface area (TPSA) is 67.2 Å². The second-order valence-corrected chi connectivity index (χ2v) is 7.27. The number of nitrogens with one attached hydrogen (secondary N) is 1. The van der Waals surface area contributed by atoms with Crippen molar-refractivity contribution in [2.75, 3.05) is 11.9 Å². The second-order valence-electron chi connectivity index (χ2n) is 7.27. The van der Waals surface area contributed by atoms with Crippen molar-refractivity contribution < 1.29 is 9.59 Å². The van der Waals surface area contributed by atoms with Gasteiger partial charge in [-0.3, -0.25) is 9.59 Å². The van der Waals surface area contributed by atoms with Gasteiger partial charge in [0.2, 0.25) is 11.8 Å². The molecule has 1 N–H and O–H groups in total. The number of fused-ring (bicyclic) bond motifs is 1. The van der Waals surface area contributed by atoms with E-state index in [1.165, 1.54) is 6.92 Å². The molecule has 0 bridgehead atoms. The van der Waals surface area contributed by atoms with Crippen LogP contribution in [-0.2, 0) is 16.6 Å². The molecule has 1 fully saturated rings. The van der Waals surface area contributed by atoms with E-state index in [1.807, 2.05) is 55.6 Å². The van der Waals surface area contributed by atoms with Crippen LogP contribution in [0.4, 0.5) is 5.69 Å². The minimum atomic E-state index is -0.384. The molecule has 144 valence electrons. The van der Waals surface area contributed by atoms with E-state index >= 15 is 0 Å². The van der Waals surface area contributed by atoms with Crippen LogP contribution in [0.15, 0.2) is 48.5 Å². The van der Waals surface area contributed by atoms with Crippen LogP contribution in [0.25, 0.3) is 22.4 Å². The van der Waals surface area contributed by atoms with Crippen LogP contribution in [0.3, 0.4) is 0 Å². The summed E-state index contributed by atoms with van der Waals surface area (Å²) >= 11 is 0. The first-order valence-electron chi connectivity index (χ1n) is 9.64. The highest BCUT2D eigenvalue weighted by molar-refractivity contribution is 5.97. The molecule has 1 aromatic heterocycles. The van der Waals surface area contributed by atoms with Crippen molar-refractivity contribution in [2.24, 2.45) is 7.05 Å². The van der Waals surface area contributed by atoms with E-state index in [-0.39, 0.29) is 17.9 Å². The molecule has 0 spiro atoms. The molecular weight excluding hydrogens is 352 g/mol. The molecule has 0 radical (unpaired) electrons. The fourth-order valence-corrected chi connectivity index (χ4v) is 3.91. The smallest absolute Gasteiger partial charge is 0.247 e. The number of anilines is 1. The summed E-state index contributed by atoms with van der Waals surface area (Å²) in [6.45, 7) is 2.18. The lowest BCUT2D eigenvalue weighted by molar-refractivity contribution is -0.138. The van der Waals surface area contributed by atoms with Crippen LogP contribution in [0.1, 0.15) is 26.2 Å². The molecule has 1 unspecified atom stereocenters. The molecule has 0 saturated carbocycles. The van der Waals surface area contributed by atoms with Gasteiger partial charge in [0.1, 0.15) is 11.9 Å². The van der Waals surface area contributed by atoms with Gasteiger partial charge in [-0.15, -0.1) is 0 Å². The predicted molar refractivity (Wildman–Crippen MR) is 110 cm³/mol. The van der Waals surface area contributed by atoms with Gasteiger partial charge in [-0.05, 0) is 55.7 Å². The largest absolute Gasteiger partial charge is 0.331 e. The fourth-order valence-electron chi connectivity index (χ4n) is 3.91. The molecule has 2 heterocycles. The number of aromatic nitrogens is 2. The Labute approximate surface area is 164 Å². The van der Waals surface area contributed by atoms with Gasteiger partial charge in [0.25, 0.3) is 0 Å². The minimum absolute atomic E-state index is 0.0444. The molecule has 0 aliphatic carbocycles. The number of carbonyl (C=O) groups excluding carboxylic acids is 2. The molecule has 6 heteroatoms. The molecule has 3 aromatic rings. The van der Waals surface area contributed by atoms with Crippen LogP contribution >= 0.6 is 0 Å². The standard InChI is InChI=1S/C22H24N4O2/c1-15(27)26-14-6-5-9-20(26)22(28)23-17-12-10-16(11-13-17)21-24-18-7-3-4-8-19(18)25(21)2/h3-4,7-8,10-13,20H,5-6,9,14H2,1-2H3,(H,23,28). The summed E-state index contributed by atoms with van der Waals surface area (Å²) in [4.78, 5) is 30.9. The zero-order chi connectivity index (χ0) is 19.7.